The van der Waals surface area contributed by atoms with E-state index in [1.165, 1.54) is 0 Å². The first-order valence-corrected chi connectivity index (χ1v) is 9.35. The fourth-order valence-electron chi connectivity index (χ4n) is 2.99. The van der Waals surface area contributed by atoms with Crippen molar-refractivity contribution in [3.8, 4) is 11.1 Å². The fraction of sp³-hybridized carbons (Fsp3) is 0.182. The number of hydrogen-bond acceptors (Lipinski definition) is 5. The zero-order valence-corrected chi connectivity index (χ0v) is 16.7. The Morgan fingerprint density at radius 2 is 1.90 bits per heavy atom. The summed E-state index contributed by atoms with van der Waals surface area (Å²) < 4.78 is 38.6. The molecule has 0 saturated heterocycles. The van der Waals surface area contributed by atoms with Gasteiger partial charge in [-0.3, -0.25) is 4.98 Å². The highest BCUT2D eigenvalue weighted by Crippen LogP contribution is 2.29. The Balaban J connectivity index is 1.89. The maximum absolute atomic E-state index is 12.9. The average Bonchev–Trinajstić information content (AvgIpc) is 2.71. The van der Waals surface area contributed by atoms with Gasteiger partial charge in [-0.05, 0) is 54.3 Å². The Labute approximate surface area is 176 Å². The second-order valence-electron chi connectivity index (χ2n) is 6.77. The van der Waals surface area contributed by atoms with E-state index >= 15 is 0 Å². The second kappa shape index (κ2) is 8.95. The minimum Gasteiger partial charge on any atom is -0.478 e. The molecule has 0 aliphatic heterocycles. The lowest BCUT2D eigenvalue weighted by Gasteiger charge is -2.11. The molecule has 0 aliphatic carbocycles. The molecule has 31 heavy (non-hydrogen) atoms. The van der Waals surface area contributed by atoms with E-state index in [0.717, 1.165) is 35.0 Å². The van der Waals surface area contributed by atoms with E-state index in [1.807, 2.05) is 26.0 Å². The second-order valence-corrected chi connectivity index (χ2v) is 6.77. The zero-order chi connectivity index (χ0) is 22.6. The lowest BCUT2D eigenvalue weighted by molar-refractivity contribution is -0.141. The van der Waals surface area contributed by atoms with E-state index in [-0.39, 0.29) is 5.95 Å². The Kier molecular flexibility index (Phi) is 6.33. The molecule has 1 aromatic carbocycles. The molecule has 6 nitrogen and oxygen atoms in total. The van der Waals surface area contributed by atoms with E-state index in [0.29, 0.717) is 23.4 Å². The number of pyridine rings is 1. The third-order valence-corrected chi connectivity index (χ3v) is 4.38. The van der Waals surface area contributed by atoms with Gasteiger partial charge in [-0.15, -0.1) is 0 Å². The normalized spacial score (nSPS) is 12.0. The van der Waals surface area contributed by atoms with E-state index in [4.69, 9.17) is 5.11 Å². The van der Waals surface area contributed by atoms with Crippen LogP contribution in [-0.2, 0) is 11.0 Å². The molecule has 3 aromatic rings. The number of aromatic nitrogens is 3. The number of carboxylic acid groups (broad SMARTS) is 1. The first kappa shape index (κ1) is 21.9. The summed E-state index contributed by atoms with van der Waals surface area (Å²) >= 11 is 0. The zero-order valence-electron chi connectivity index (χ0n) is 16.7. The number of aryl methyl sites for hydroxylation is 1. The van der Waals surface area contributed by atoms with E-state index < -0.39 is 17.8 Å². The minimum atomic E-state index is -4.56. The van der Waals surface area contributed by atoms with Gasteiger partial charge in [0.1, 0.15) is 5.69 Å². The molecule has 0 amide bonds. The van der Waals surface area contributed by atoms with Crippen LogP contribution in [0.4, 0.5) is 24.8 Å². The van der Waals surface area contributed by atoms with Gasteiger partial charge in [0.25, 0.3) is 0 Å². The molecular formula is C22H19F3N4O2. The molecule has 3 rings (SSSR count). The number of aliphatic carboxylic acids is 1. The molecule has 2 aromatic heterocycles. The summed E-state index contributed by atoms with van der Waals surface area (Å²) in [5, 5.41) is 11.8. The third-order valence-electron chi connectivity index (χ3n) is 4.38. The molecule has 0 bridgehead atoms. The molecule has 0 atom stereocenters. The topological polar surface area (TPSA) is 88.0 Å². The summed E-state index contributed by atoms with van der Waals surface area (Å²) in [6.45, 7) is 3.70. The SMILES string of the molecule is CCC(=CC(=O)O)c1ccc(-c2cc(C)cc(Nc3nccc(C(F)(F)F)n3)c2)cn1. The minimum absolute atomic E-state index is 0.161. The van der Waals surface area contributed by atoms with Crippen LogP contribution in [0.15, 0.2) is 54.9 Å². The highest BCUT2D eigenvalue weighted by atomic mass is 19.4. The van der Waals surface area contributed by atoms with Crippen LogP contribution in [0.5, 0.6) is 0 Å². The number of anilines is 2. The number of hydrogen-bond donors (Lipinski definition) is 2. The lowest BCUT2D eigenvalue weighted by atomic mass is 10.0. The van der Waals surface area contributed by atoms with Gasteiger partial charge >= 0.3 is 12.1 Å². The van der Waals surface area contributed by atoms with Gasteiger partial charge in [-0.25, -0.2) is 14.8 Å². The number of nitrogens with zero attached hydrogens (tertiary/aromatic N) is 3. The molecule has 0 fully saturated rings. The highest BCUT2D eigenvalue weighted by Gasteiger charge is 2.32. The first-order chi connectivity index (χ1) is 14.7. The van der Waals surface area contributed by atoms with Crippen molar-refractivity contribution in [2.45, 2.75) is 26.4 Å². The van der Waals surface area contributed by atoms with Gasteiger partial charge in [-0.2, -0.15) is 13.2 Å². The Morgan fingerprint density at radius 1 is 1.13 bits per heavy atom. The van der Waals surface area contributed by atoms with Crippen molar-refractivity contribution < 1.29 is 23.1 Å². The maximum Gasteiger partial charge on any atom is 0.433 e. The quantitative estimate of drug-likeness (QED) is 0.505. The smallest absolute Gasteiger partial charge is 0.433 e. The van der Waals surface area contributed by atoms with Gasteiger partial charge in [0.15, 0.2) is 0 Å². The molecule has 160 valence electrons. The molecule has 0 radical (unpaired) electrons. The van der Waals surface area contributed by atoms with Gasteiger partial charge in [0.05, 0.1) is 5.69 Å². The summed E-state index contributed by atoms with van der Waals surface area (Å²) in [6, 6.07) is 9.78. The van der Waals surface area contributed by atoms with Crippen molar-refractivity contribution in [3.05, 3.63) is 71.8 Å². The standard InChI is InChI=1S/C22H19F3N4O2/c1-3-14(11-20(30)31)18-5-4-15(12-27-18)16-8-13(2)9-17(10-16)28-21-26-7-6-19(29-21)22(23,24)25/h4-12H,3H2,1-2H3,(H,30,31)(H,26,28,29). The van der Waals surface area contributed by atoms with Crippen LogP contribution in [0.3, 0.4) is 0 Å². The predicted octanol–water partition coefficient (Wildman–Crippen LogP) is 5.49. The first-order valence-electron chi connectivity index (χ1n) is 9.35. The van der Waals surface area contributed by atoms with Crippen molar-refractivity contribution >= 4 is 23.2 Å². The summed E-state index contributed by atoms with van der Waals surface area (Å²) in [6.07, 6.45) is -0.232. The number of allylic oxidation sites excluding steroid dienone is 1. The number of carbonyl (C=O) groups is 1. The molecule has 0 aliphatic rings. The fourth-order valence-corrected chi connectivity index (χ4v) is 2.99. The lowest BCUT2D eigenvalue weighted by Crippen LogP contribution is -2.10. The number of nitrogens with one attached hydrogen (secondary N) is 1. The third kappa shape index (κ3) is 5.65. The monoisotopic (exact) mass is 428 g/mol. The molecule has 2 N–H and O–H groups in total. The summed E-state index contributed by atoms with van der Waals surface area (Å²) in [7, 11) is 0. The average molecular weight is 428 g/mol. The predicted molar refractivity (Wildman–Crippen MR) is 111 cm³/mol. The molecule has 2 heterocycles. The van der Waals surface area contributed by atoms with Crippen LogP contribution in [0.25, 0.3) is 16.7 Å². The van der Waals surface area contributed by atoms with Crippen LogP contribution in [0.1, 0.15) is 30.3 Å². The number of carboxylic acids is 1. The Bertz CT molecular complexity index is 1130. The number of alkyl halides is 3. The van der Waals surface area contributed by atoms with E-state index in [9.17, 15) is 18.0 Å². The molecule has 0 spiro atoms. The Morgan fingerprint density at radius 3 is 2.52 bits per heavy atom. The number of rotatable bonds is 6. The van der Waals surface area contributed by atoms with Gasteiger partial charge in [0.2, 0.25) is 5.95 Å². The van der Waals surface area contributed by atoms with E-state index in [2.05, 4.69) is 20.3 Å². The van der Waals surface area contributed by atoms with Crippen molar-refractivity contribution in [2.75, 3.05) is 5.32 Å². The van der Waals surface area contributed by atoms with Crippen molar-refractivity contribution in [1.29, 1.82) is 0 Å². The van der Waals surface area contributed by atoms with Crippen molar-refractivity contribution in [3.63, 3.8) is 0 Å². The number of benzene rings is 1. The van der Waals surface area contributed by atoms with Gasteiger partial charge in [0, 0.05) is 29.7 Å². The van der Waals surface area contributed by atoms with Gasteiger partial charge in [-0.1, -0.05) is 19.1 Å². The molecule has 0 unspecified atom stereocenters. The van der Waals surface area contributed by atoms with Crippen molar-refractivity contribution in [2.24, 2.45) is 0 Å². The maximum atomic E-state index is 12.9. The van der Waals surface area contributed by atoms with Crippen molar-refractivity contribution in [1.82, 2.24) is 15.0 Å². The van der Waals surface area contributed by atoms with Crippen LogP contribution in [0.2, 0.25) is 0 Å². The van der Waals surface area contributed by atoms with Crippen LogP contribution >= 0.6 is 0 Å². The summed E-state index contributed by atoms with van der Waals surface area (Å²) in [5.41, 5.74) is 3.10. The van der Waals surface area contributed by atoms with E-state index in [1.54, 1.807) is 24.4 Å². The van der Waals surface area contributed by atoms with Crippen LogP contribution < -0.4 is 5.32 Å². The van der Waals surface area contributed by atoms with Gasteiger partial charge < -0.3 is 10.4 Å². The molecule has 9 heteroatoms. The highest BCUT2D eigenvalue weighted by molar-refractivity contribution is 5.89. The Hall–Kier alpha value is -3.75. The van der Waals surface area contributed by atoms with Crippen LogP contribution in [-0.4, -0.2) is 26.0 Å². The summed E-state index contributed by atoms with van der Waals surface area (Å²) in [4.78, 5) is 22.7. The van der Waals surface area contributed by atoms with Crippen LogP contribution in [0, 0.1) is 6.92 Å². The molecular weight excluding hydrogens is 409 g/mol. The number of halogens is 3. The summed E-state index contributed by atoms with van der Waals surface area (Å²) in [5.74, 6) is -1.19. The molecule has 0 saturated carbocycles. The largest absolute Gasteiger partial charge is 0.478 e.